The first-order valence-electron chi connectivity index (χ1n) is 6.66. The number of nitrogens with one attached hydrogen (secondary N) is 1. The minimum atomic E-state index is 0.883. The molecule has 0 spiro atoms. The predicted octanol–water partition coefficient (Wildman–Crippen LogP) is 3.27. The van der Waals surface area contributed by atoms with E-state index < -0.39 is 0 Å². The lowest BCUT2D eigenvalue weighted by atomic mass is 10.2. The fraction of sp³-hybridized carbons (Fsp3) is 0.312. The molecule has 0 bridgehead atoms. The van der Waals surface area contributed by atoms with Crippen molar-refractivity contribution in [1.82, 2.24) is 10.3 Å². The van der Waals surface area contributed by atoms with Crippen LogP contribution in [0.2, 0.25) is 0 Å². The summed E-state index contributed by atoms with van der Waals surface area (Å²) in [7, 11) is 2.05. The van der Waals surface area contributed by atoms with Crippen LogP contribution in [-0.4, -0.2) is 18.6 Å². The molecular weight excluding hydrogens is 234 g/mol. The van der Waals surface area contributed by atoms with Gasteiger partial charge in [0, 0.05) is 25.5 Å². The van der Waals surface area contributed by atoms with E-state index in [2.05, 4.69) is 65.4 Å². The van der Waals surface area contributed by atoms with Gasteiger partial charge < -0.3 is 10.2 Å². The van der Waals surface area contributed by atoms with Gasteiger partial charge in [-0.2, -0.15) is 0 Å². The lowest BCUT2D eigenvalue weighted by molar-refractivity contribution is 0.726. The SMILES string of the molecule is CCNCc1ccnc(N(C)c2ccc(C)cc2)c1. The zero-order chi connectivity index (χ0) is 13.7. The lowest BCUT2D eigenvalue weighted by Crippen LogP contribution is -2.14. The summed E-state index contributed by atoms with van der Waals surface area (Å²) >= 11 is 0. The van der Waals surface area contributed by atoms with E-state index in [-0.39, 0.29) is 0 Å². The number of hydrogen-bond donors (Lipinski definition) is 1. The molecule has 0 aliphatic carbocycles. The molecule has 0 unspecified atom stereocenters. The Hall–Kier alpha value is -1.87. The molecule has 1 N–H and O–H groups in total. The number of aryl methyl sites for hydroxylation is 1. The summed E-state index contributed by atoms with van der Waals surface area (Å²) in [6.45, 7) is 6.07. The maximum absolute atomic E-state index is 4.44. The van der Waals surface area contributed by atoms with E-state index in [1.54, 1.807) is 0 Å². The van der Waals surface area contributed by atoms with Crippen molar-refractivity contribution in [1.29, 1.82) is 0 Å². The van der Waals surface area contributed by atoms with Crippen molar-refractivity contribution >= 4 is 11.5 Å². The summed E-state index contributed by atoms with van der Waals surface area (Å²) in [5, 5.41) is 3.33. The van der Waals surface area contributed by atoms with Gasteiger partial charge in [0.05, 0.1) is 0 Å². The number of nitrogens with zero attached hydrogens (tertiary/aromatic N) is 2. The molecule has 0 fully saturated rings. The van der Waals surface area contributed by atoms with Gasteiger partial charge in [0.2, 0.25) is 0 Å². The summed E-state index contributed by atoms with van der Waals surface area (Å²) in [4.78, 5) is 6.55. The first-order chi connectivity index (χ1) is 9.20. The van der Waals surface area contributed by atoms with Gasteiger partial charge in [0.25, 0.3) is 0 Å². The third-order valence-electron chi connectivity index (χ3n) is 3.15. The molecule has 2 aromatic rings. The van der Waals surface area contributed by atoms with Gasteiger partial charge in [-0.3, -0.25) is 0 Å². The molecule has 1 aromatic carbocycles. The molecule has 100 valence electrons. The van der Waals surface area contributed by atoms with Crippen molar-refractivity contribution in [2.45, 2.75) is 20.4 Å². The van der Waals surface area contributed by atoms with Gasteiger partial charge >= 0.3 is 0 Å². The average molecular weight is 255 g/mol. The van der Waals surface area contributed by atoms with Gasteiger partial charge in [-0.15, -0.1) is 0 Å². The zero-order valence-corrected chi connectivity index (χ0v) is 11.9. The number of rotatable bonds is 5. The van der Waals surface area contributed by atoms with Gasteiger partial charge in [0.15, 0.2) is 0 Å². The van der Waals surface area contributed by atoms with Crippen LogP contribution in [0.15, 0.2) is 42.6 Å². The van der Waals surface area contributed by atoms with Crippen molar-refractivity contribution in [2.24, 2.45) is 0 Å². The lowest BCUT2D eigenvalue weighted by Gasteiger charge is -2.19. The Kier molecular flexibility index (Phi) is 4.53. The summed E-state index contributed by atoms with van der Waals surface area (Å²) in [6.07, 6.45) is 1.87. The average Bonchev–Trinajstić information content (AvgIpc) is 2.45. The first kappa shape index (κ1) is 13.6. The standard InChI is InChI=1S/C16H21N3/c1-4-17-12-14-9-10-18-16(11-14)19(3)15-7-5-13(2)6-8-15/h5-11,17H,4,12H2,1-3H3. The Morgan fingerprint density at radius 1 is 1.16 bits per heavy atom. The van der Waals surface area contributed by atoms with Crippen LogP contribution in [0.1, 0.15) is 18.1 Å². The monoisotopic (exact) mass is 255 g/mol. The van der Waals surface area contributed by atoms with E-state index in [4.69, 9.17) is 0 Å². The Morgan fingerprint density at radius 2 is 1.89 bits per heavy atom. The van der Waals surface area contributed by atoms with Crippen molar-refractivity contribution in [2.75, 3.05) is 18.5 Å². The topological polar surface area (TPSA) is 28.2 Å². The highest BCUT2D eigenvalue weighted by Gasteiger charge is 2.05. The van der Waals surface area contributed by atoms with E-state index in [0.717, 1.165) is 24.6 Å². The van der Waals surface area contributed by atoms with Crippen molar-refractivity contribution in [3.63, 3.8) is 0 Å². The second-order valence-electron chi connectivity index (χ2n) is 4.70. The van der Waals surface area contributed by atoms with E-state index in [9.17, 15) is 0 Å². The van der Waals surface area contributed by atoms with E-state index in [1.807, 2.05) is 13.2 Å². The maximum Gasteiger partial charge on any atom is 0.132 e. The summed E-state index contributed by atoms with van der Waals surface area (Å²) < 4.78 is 0. The van der Waals surface area contributed by atoms with Crippen molar-refractivity contribution in [3.05, 3.63) is 53.7 Å². The summed E-state index contributed by atoms with van der Waals surface area (Å²) in [5.74, 6) is 0.972. The molecule has 3 nitrogen and oxygen atoms in total. The first-order valence-corrected chi connectivity index (χ1v) is 6.66. The largest absolute Gasteiger partial charge is 0.329 e. The highest BCUT2D eigenvalue weighted by Crippen LogP contribution is 2.22. The molecule has 1 aromatic heterocycles. The van der Waals surface area contributed by atoms with Gasteiger partial charge in [-0.05, 0) is 43.3 Å². The Morgan fingerprint density at radius 3 is 2.58 bits per heavy atom. The van der Waals surface area contributed by atoms with Crippen LogP contribution in [0.3, 0.4) is 0 Å². The molecule has 3 heteroatoms. The molecule has 0 amide bonds. The fourth-order valence-electron chi connectivity index (χ4n) is 1.92. The number of aromatic nitrogens is 1. The van der Waals surface area contributed by atoms with Crippen LogP contribution in [0.25, 0.3) is 0 Å². The maximum atomic E-state index is 4.44. The molecule has 0 aliphatic rings. The van der Waals surface area contributed by atoms with Gasteiger partial charge in [0.1, 0.15) is 5.82 Å². The second kappa shape index (κ2) is 6.34. The third-order valence-corrected chi connectivity index (χ3v) is 3.15. The highest BCUT2D eigenvalue weighted by atomic mass is 15.2. The molecule has 1 heterocycles. The van der Waals surface area contributed by atoms with Crippen molar-refractivity contribution in [3.8, 4) is 0 Å². The molecule has 19 heavy (non-hydrogen) atoms. The second-order valence-corrected chi connectivity index (χ2v) is 4.70. The van der Waals surface area contributed by atoms with Gasteiger partial charge in [-0.25, -0.2) is 4.98 Å². The third kappa shape index (κ3) is 3.55. The molecule has 0 saturated carbocycles. The zero-order valence-electron chi connectivity index (χ0n) is 11.9. The van der Waals surface area contributed by atoms with Crippen LogP contribution in [0.4, 0.5) is 11.5 Å². The van der Waals surface area contributed by atoms with Crippen LogP contribution in [0, 0.1) is 6.92 Å². The molecule has 2 rings (SSSR count). The molecule has 0 atom stereocenters. The summed E-state index contributed by atoms with van der Waals surface area (Å²) in [5.41, 5.74) is 3.68. The van der Waals surface area contributed by atoms with E-state index in [0.29, 0.717) is 0 Å². The number of pyridine rings is 1. The highest BCUT2D eigenvalue weighted by molar-refractivity contribution is 5.59. The van der Waals surface area contributed by atoms with Crippen LogP contribution < -0.4 is 10.2 Å². The minimum absolute atomic E-state index is 0.883. The molecule has 0 radical (unpaired) electrons. The summed E-state index contributed by atoms with van der Waals surface area (Å²) in [6, 6.07) is 12.7. The molecule has 0 saturated heterocycles. The van der Waals surface area contributed by atoms with E-state index >= 15 is 0 Å². The van der Waals surface area contributed by atoms with Crippen molar-refractivity contribution < 1.29 is 0 Å². The van der Waals surface area contributed by atoms with Crippen LogP contribution in [-0.2, 0) is 6.54 Å². The molecular formula is C16H21N3. The normalized spacial score (nSPS) is 10.5. The quantitative estimate of drug-likeness (QED) is 0.888. The van der Waals surface area contributed by atoms with Crippen LogP contribution >= 0.6 is 0 Å². The Balaban J connectivity index is 2.18. The number of hydrogen-bond acceptors (Lipinski definition) is 3. The fourth-order valence-corrected chi connectivity index (χ4v) is 1.92. The van der Waals surface area contributed by atoms with Gasteiger partial charge in [-0.1, -0.05) is 24.6 Å². The van der Waals surface area contributed by atoms with E-state index in [1.165, 1.54) is 11.1 Å². The predicted molar refractivity (Wildman–Crippen MR) is 80.9 cm³/mol. The van der Waals surface area contributed by atoms with Crippen LogP contribution in [0.5, 0.6) is 0 Å². The Bertz CT molecular complexity index is 520. The minimum Gasteiger partial charge on any atom is -0.329 e. The number of anilines is 2. The smallest absolute Gasteiger partial charge is 0.132 e. The molecule has 0 aliphatic heterocycles. The Labute approximate surface area is 115 Å². The number of benzene rings is 1.